The lowest BCUT2D eigenvalue weighted by molar-refractivity contribution is 0.257. The van der Waals surface area contributed by atoms with E-state index in [9.17, 15) is 0 Å². The molecule has 2 aromatic heterocycles. The molecule has 0 bridgehead atoms. The number of fused-ring (bicyclic) bond motifs is 2. The van der Waals surface area contributed by atoms with Crippen LogP contribution in [0, 0.1) is 0 Å². The zero-order valence-corrected chi connectivity index (χ0v) is 12.8. The smallest absolute Gasteiger partial charge is 0.230 e. The highest BCUT2D eigenvalue weighted by molar-refractivity contribution is 5.99. The van der Waals surface area contributed by atoms with Crippen LogP contribution in [0.5, 0.6) is 5.75 Å². The monoisotopic (exact) mass is 296 g/mol. The molecule has 2 heterocycles. The second kappa shape index (κ2) is 4.99. The van der Waals surface area contributed by atoms with E-state index in [0.717, 1.165) is 53.5 Å². The van der Waals surface area contributed by atoms with Crippen LogP contribution in [0.4, 0.5) is 0 Å². The van der Waals surface area contributed by atoms with Crippen LogP contribution in [0.25, 0.3) is 22.0 Å². The minimum absolute atomic E-state index is 0.365. The molecule has 4 nitrogen and oxygen atoms in total. The third-order valence-electron chi connectivity index (χ3n) is 4.77. The summed E-state index contributed by atoms with van der Waals surface area (Å²) in [7, 11) is 1.69. The molecule has 1 saturated carbocycles. The maximum absolute atomic E-state index is 6.60. The fourth-order valence-corrected chi connectivity index (χ4v) is 3.54. The number of hydrogen-bond donors (Lipinski definition) is 1. The number of pyridine rings is 1. The van der Waals surface area contributed by atoms with Crippen LogP contribution in [-0.4, -0.2) is 12.1 Å². The average Bonchev–Trinajstić information content (AvgIpc) is 2.97. The largest absolute Gasteiger partial charge is 0.495 e. The number of para-hydroxylation sites is 1. The van der Waals surface area contributed by atoms with Crippen LogP contribution < -0.4 is 10.5 Å². The Labute approximate surface area is 129 Å². The van der Waals surface area contributed by atoms with Crippen molar-refractivity contribution in [2.45, 2.75) is 37.6 Å². The van der Waals surface area contributed by atoms with Crippen molar-refractivity contribution in [3.63, 3.8) is 0 Å². The summed E-state index contributed by atoms with van der Waals surface area (Å²) in [6, 6.07) is 9.98. The van der Waals surface area contributed by atoms with Gasteiger partial charge in [-0.3, -0.25) is 0 Å². The molecule has 0 amide bonds. The molecule has 1 aliphatic carbocycles. The number of rotatable bonds is 2. The molecule has 114 valence electrons. The van der Waals surface area contributed by atoms with Gasteiger partial charge in [0, 0.05) is 5.39 Å². The van der Waals surface area contributed by atoms with Crippen molar-refractivity contribution < 1.29 is 9.15 Å². The van der Waals surface area contributed by atoms with Gasteiger partial charge in [-0.2, -0.15) is 0 Å². The Morgan fingerprint density at radius 2 is 1.91 bits per heavy atom. The Morgan fingerprint density at radius 1 is 1.14 bits per heavy atom. The molecule has 1 fully saturated rings. The zero-order chi connectivity index (χ0) is 15.2. The lowest BCUT2D eigenvalue weighted by atomic mass is 9.81. The van der Waals surface area contributed by atoms with E-state index < -0.39 is 0 Å². The Hall–Kier alpha value is -2.07. The van der Waals surface area contributed by atoms with Crippen LogP contribution in [0.1, 0.15) is 37.9 Å². The molecule has 0 unspecified atom stereocenters. The lowest BCUT2D eigenvalue weighted by Crippen LogP contribution is -2.38. The van der Waals surface area contributed by atoms with Gasteiger partial charge in [0.05, 0.1) is 23.6 Å². The van der Waals surface area contributed by atoms with E-state index in [0.29, 0.717) is 5.71 Å². The lowest BCUT2D eigenvalue weighted by Gasteiger charge is -2.31. The van der Waals surface area contributed by atoms with Gasteiger partial charge in [0.15, 0.2) is 0 Å². The molecule has 0 aliphatic heterocycles. The van der Waals surface area contributed by atoms with Crippen molar-refractivity contribution in [3.05, 3.63) is 36.1 Å². The second-order valence-electron chi connectivity index (χ2n) is 6.21. The SMILES string of the molecule is COc1c2ccccc2nc2oc(C3(N)CCCCC3)cc12. The summed E-state index contributed by atoms with van der Waals surface area (Å²) in [5.41, 5.74) is 7.72. The van der Waals surface area contributed by atoms with E-state index in [1.165, 1.54) is 6.42 Å². The van der Waals surface area contributed by atoms with Crippen molar-refractivity contribution >= 4 is 22.0 Å². The predicted molar refractivity (Wildman–Crippen MR) is 87.0 cm³/mol. The van der Waals surface area contributed by atoms with Gasteiger partial charge >= 0.3 is 0 Å². The first-order chi connectivity index (χ1) is 10.7. The van der Waals surface area contributed by atoms with E-state index in [-0.39, 0.29) is 5.54 Å². The fourth-order valence-electron chi connectivity index (χ4n) is 3.54. The van der Waals surface area contributed by atoms with E-state index in [2.05, 4.69) is 4.98 Å². The summed E-state index contributed by atoms with van der Waals surface area (Å²) in [6.07, 6.45) is 5.49. The Kier molecular flexibility index (Phi) is 3.08. The highest BCUT2D eigenvalue weighted by Gasteiger charge is 2.33. The van der Waals surface area contributed by atoms with Gasteiger partial charge < -0.3 is 14.9 Å². The van der Waals surface area contributed by atoms with Crippen LogP contribution in [0.15, 0.2) is 34.7 Å². The van der Waals surface area contributed by atoms with E-state index in [1.54, 1.807) is 7.11 Å². The molecule has 2 N–H and O–H groups in total. The average molecular weight is 296 g/mol. The highest BCUT2D eigenvalue weighted by Crippen LogP contribution is 2.40. The number of ether oxygens (including phenoxy) is 1. The minimum Gasteiger partial charge on any atom is -0.495 e. The number of hydrogen-bond acceptors (Lipinski definition) is 4. The number of furan rings is 1. The standard InChI is InChI=1S/C18H20N2O2/c1-21-16-12-7-3-4-8-14(12)20-17-13(16)11-15(22-17)18(19)9-5-2-6-10-18/h3-4,7-8,11H,2,5-6,9-10,19H2,1H3. The quantitative estimate of drug-likeness (QED) is 0.773. The normalized spacial score (nSPS) is 17.9. The van der Waals surface area contributed by atoms with E-state index in [4.69, 9.17) is 14.9 Å². The van der Waals surface area contributed by atoms with E-state index >= 15 is 0 Å². The first kappa shape index (κ1) is 13.6. The molecule has 0 spiro atoms. The van der Waals surface area contributed by atoms with Crippen LogP contribution in [0.2, 0.25) is 0 Å². The van der Waals surface area contributed by atoms with Gasteiger partial charge in [0.25, 0.3) is 0 Å². The third-order valence-corrected chi connectivity index (χ3v) is 4.77. The Morgan fingerprint density at radius 3 is 2.68 bits per heavy atom. The van der Waals surface area contributed by atoms with Crippen molar-refractivity contribution in [1.29, 1.82) is 0 Å². The molecule has 4 rings (SSSR count). The van der Waals surface area contributed by atoms with Crippen LogP contribution in [0.3, 0.4) is 0 Å². The Balaban J connectivity index is 1.95. The number of nitrogens with zero attached hydrogens (tertiary/aromatic N) is 1. The van der Waals surface area contributed by atoms with Crippen LogP contribution in [-0.2, 0) is 5.54 Å². The summed E-state index contributed by atoms with van der Waals surface area (Å²) in [6.45, 7) is 0. The van der Waals surface area contributed by atoms with E-state index in [1.807, 2.05) is 30.3 Å². The molecule has 0 atom stereocenters. The first-order valence-electron chi connectivity index (χ1n) is 7.87. The second-order valence-corrected chi connectivity index (χ2v) is 6.21. The van der Waals surface area contributed by atoms with Crippen molar-refractivity contribution in [2.24, 2.45) is 5.73 Å². The Bertz CT molecular complexity index is 832. The van der Waals surface area contributed by atoms with Crippen molar-refractivity contribution in [3.8, 4) is 5.75 Å². The van der Waals surface area contributed by atoms with Gasteiger partial charge in [-0.05, 0) is 31.0 Å². The summed E-state index contributed by atoms with van der Waals surface area (Å²) in [5, 5.41) is 1.91. The van der Waals surface area contributed by atoms with Crippen LogP contribution >= 0.6 is 0 Å². The molecule has 1 aliphatic rings. The van der Waals surface area contributed by atoms with Gasteiger partial charge in [0.1, 0.15) is 11.5 Å². The summed E-state index contributed by atoms with van der Waals surface area (Å²) in [4.78, 5) is 4.63. The molecular formula is C18H20N2O2. The van der Waals surface area contributed by atoms with Gasteiger partial charge in [-0.1, -0.05) is 31.4 Å². The van der Waals surface area contributed by atoms with Crippen molar-refractivity contribution in [1.82, 2.24) is 4.98 Å². The fraction of sp³-hybridized carbons (Fsp3) is 0.389. The van der Waals surface area contributed by atoms with Gasteiger partial charge in [-0.25, -0.2) is 4.98 Å². The molecule has 1 aromatic carbocycles. The maximum atomic E-state index is 6.60. The number of benzene rings is 1. The topological polar surface area (TPSA) is 61.3 Å². The number of aromatic nitrogens is 1. The third kappa shape index (κ3) is 1.98. The number of methoxy groups -OCH3 is 1. The van der Waals surface area contributed by atoms with Crippen molar-refractivity contribution in [2.75, 3.05) is 7.11 Å². The van der Waals surface area contributed by atoms with Gasteiger partial charge in [-0.15, -0.1) is 0 Å². The molecule has 0 radical (unpaired) electrons. The summed E-state index contributed by atoms with van der Waals surface area (Å²) >= 11 is 0. The minimum atomic E-state index is -0.365. The summed E-state index contributed by atoms with van der Waals surface area (Å²) < 4.78 is 11.7. The predicted octanol–water partition coefficient (Wildman–Crippen LogP) is 4.11. The molecule has 0 saturated heterocycles. The molecular weight excluding hydrogens is 276 g/mol. The molecule has 4 heteroatoms. The first-order valence-corrected chi connectivity index (χ1v) is 7.87. The van der Waals surface area contributed by atoms with Gasteiger partial charge in [0.2, 0.25) is 5.71 Å². The number of nitrogens with two attached hydrogens (primary N) is 1. The molecule has 3 aromatic rings. The zero-order valence-electron chi connectivity index (χ0n) is 12.8. The highest BCUT2D eigenvalue weighted by atomic mass is 16.5. The summed E-state index contributed by atoms with van der Waals surface area (Å²) in [5.74, 6) is 1.65. The molecule has 22 heavy (non-hydrogen) atoms. The maximum Gasteiger partial charge on any atom is 0.230 e.